The summed E-state index contributed by atoms with van der Waals surface area (Å²) in [5, 5.41) is 1.54. The van der Waals surface area contributed by atoms with Crippen LogP contribution in [0.2, 0.25) is 0 Å². The van der Waals surface area contributed by atoms with Crippen LogP contribution in [0.1, 0.15) is 17.1 Å². The van der Waals surface area contributed by atoms with Crippen molar-refractivity contribution in [2.75, 3.05) is 5.01 Å². The third kappa shape index (κ3) is 3.42. The molecular formula is C20H15BrN2O2S2. The lowest BCUT2D eigenvalue weighted by atomic mass is 10.2. The Morgan fingerprint density at radius 2 is 1.70 bits per heavy atom. The van der Waals surface area contributed by atoms with Crippen LogP contribution in [-0.4, -0.2) is 14.9 Å². The number of halogens is 1. The fraction of sp³-hybridized carbons (Fsp3) is 0.100. The van der Waals surface area contributed by atoms with Gasteiger partial charge in [-0.15, -0.1) is 0 Å². The highest BCUT2D eigenvalue weighted by atomic mass is 79.9. The number of benzene rings is 1. The summed E-state index contributed by atoms with van der Waals surface area (Å²) in [6.45, 7) is 3.90. The van der Waals surface area contributed by atoms with Crippen LogP contribution in [0.15, 0.2) is 62.3 Å². The van der Waals surface area contributed by atoms with Gasteiger partial charge < -0.3 is 4.42 Å². The molecule has 4 nitrogen and oxygen atoms in total. The number of amides is 1. The second-order valence-electron chi connectivity index (χ2n) is 6.13. The highest BCUT2D eigenvalue weighted by Crippen LogP contribution is 2.34. The predicted octanol–water partition coefficient (Wildman–Crippen LogP) is 5.66. The van der Waals surface area contributed by atoms with Gasteiger partial charge in [-0.25, -0.2) is 0 Å². The lowest BCUT2D eigenvalue weighted by molar-refractivity contribution is -0.114. The van der Waals surface area contributed by atoms with E-state index in [1.807, 2.05) is 67.1 Å². The van der Waals surface area contributed by atoms with Gasteiger partial charge in [0.1, 0.15) is 11.5 Å². The SMILES string of the molecule is Cc1ccc(C)n1N1C(=O)/C(=C\c2ccc(-c3ccc(Br)cc3)o2)SC1=S. The van der Waals surface area contributed by atoms with Crippen molar-refractivity contribution in [1.82, 2.24) is 4.68 Å². The number of carbonyl (C=O) groups excluding carboxylic acids is 1. The van der Waals surface area contributed by atoms with Crippen molar-refractivity contribution in [3.63, 3.8) is 0 Å². The Kier molecular flexibility index (Phi) is 4.84. The minimum absolute atomic E-state index is 0.144. The lowest BCUT2D eigenvalue weighted by Gasteiger charge is -2.20. The van der Waals surface area contributed by atoms with Crippen molar-refractivity contribution in [3.05, 3.63) is 75.1 Å². The van der Waals surface area contributed by atoms with Gasteiger partial charge in [-0.05, 0) is 62.5 Å². The van der Waals surface area contributed by atoms with E-state index in [1.54, 1.807) is 6.08 Å². The third-order valence-corrected chi connectivity index (χ3v) is 6.05. The van der Waals surface area contributed by atoms with E-state index in [-0.39, 0.29) is 5.91 Å². The van der Waals surface area contributed by atoms with Gasteiger partial charge in [0, 0.05) is 27.5 Å². The molecule has 0 unspecified atom stereocenters. The number of nitrogens with zero attached hydrogens (tertiary/aromatic N) is 2. The normalized spacial score (nSPS) is 16.0. The summed E-state index contributed by atoms with van der Waals surface area (Å²) in [6, 6.07) is 15.6. The molecule has 0 radical (unpaired) electrons. The highest BCUT2D eigenvalue weighted by molar-refractivity contribution is 9.10. The fourth-order valence-corrected chi connectivity index (χ4v) is 4.42. The number of thioether (sulfide) groups is 1. The zero-order valence-corrected chi connectivity index (χ0v) is 17.8. The molecule has 3 heterocycles. The van der Waals surface area contributed by atoms with E-state index in [4.69, 9.17) is 16.6 Å². The van der Waals surface area contributed by atoms with Gasteiger partial charge in [0.05, 0.1) is 4.91 Å². The molecule has 1 saturated heterocycles. The number of carbonyl (C=O) groups is 1. The van der Waals surface area contributed by atoms with Crippen LogP contribution in [0.4, 0.5) is 0 Å². The van der Waals surface area contributed by atoms with E-state index in [0.717, 1.165) is 27.2 Å². The van der Waals surface area contributed by atoms with Crippen molar-refractivity contribution in [2.45, 2.75) is 13.8 Å². The standard InChI is InChI=1S/C20H15BrN2O2S2/c1-12-3-4-13(2)22(12)23-19(24)18(27-20(23)26)11-16-9-10-17(25-16)14-5-7-15(21)8-6-14/h3-11H,1-2H3/b18-11+. The van der Waals surface area contributed by atoms with E-state index in [2.05, 4.69) is 15.9 Å². The Bertz CT molecular complexity index is 1060. The molecular weight excluding hydrogens is 444 g/mol. The molecule has 7 heteroatoms. The maximum atomic E-state index is 12.9. The molecule has 27 heavy (non-hydrogen) atoms. The molecule has 0 atom stereocenters. The average molecular weight is 459 g/mol. The first kappa shape index (κ1) is 18.3. The first-order valence-electron chi connectivity index (χ1n) is 8.23. The number of hydrogen-bond donors (Lipinski definition) is 0. The third-order valence-electron chi connectivity index (χ3n) is 4.24. The van der Waals surface area contributed by atoms with Gasteiger partial charge in [-0.1, -0.05) is 39.8 Å². The summed E-state index contributed by atoms with van der Waals surface area (Å²) in [6.07, 6.45) is 1.75. The van der Waals surface area contributed by atoms with E-state index in [1.165, 1.54) is 16.8 Å². The average Bonchev–Trinajstić information content (AvgIpc) is 3.30. The molecule has 1 aliphatic heterocycles. The topological polar surface area (TPSA) is 38.4 Å². The first-order valence-corrected chi connectivity index (χ1v) is 10.2. The van der Waals surface area contributed by atoms with Crippen LogP contribution in [0, 0.1) is 13.8 Å². The zero-order chi connectivity index (χ0) is 19.1. The number of furan rings is 1. The van der Waals surface area contributed by atoms with Crippen molar-refractivity contribution in [1.29, 1.82) is 0 Å². The van der Waals surface area contributed by atoms with E-state index in [9.17, 15) is 4.79 Å². The summed E-state index contributed by atoms with van der Waals surface area (Å²) in [7, 11) is 0. The summed E-state index contributed by atoms with van der Waals surface area (Å²) in [5.41, 5.74) is 2.89. The molecule has 0 N–H and O–H groups in total. The van der Waals surface area contributed by atoms with Gasteiger partial charge in [0.15, 0.2) is 4.32 Å². The Morgan fingerprint density at radius 1 is 1.04 bits per heavy atom. The molecule has 1 aromatic carbocycles. The van der Waals surface area contributed by atoms with Crippen LogP contribution in [0.3, 0.4) is 0 Å². The second kappa shape index (κ2) is 7.14. The van der Waals surface area contributed by atoms with Gasteiger partial charge >= 0.3 is 0 Å². The summed E-state index contributed by atoms with van der Waals surface area (Å²) >= 11 is 10.2. The molecule has 0 bridgehead atoms. The minimum atomic E-state index is -0.144. The molecule has 136 valence electrons. The number of hydrogen-bond acceptors (Lipinski definition) is 4. The van der Waals surface area contributed by atoms with Crippen LogP contribution in [0.5, 0.6) is 0 Å². The Morgan fingerprint density at radius 3 is 2.37 bits per heavy atom. The van der Waals surface area contributed by atoms with Crippen molar-refractivity contribution in [3.8, 4) is 11.3 Å². The van der Waals surface area contributed by atoms with E-state index >= 15 is 0 Å². The Balaban J connectivity index is 1.63. The number of aryl methyl sites for hydroxylation is 2. The Hall–Kier alpha value is -2.09. The molecule has 3 aromatic rings. The van der Waals surface area contributed by atoms with Crippen LogP contribution >= 0.6 is 39.9 Å². The fourth-order valence-electron chi connectivity index (χ4n) is 2.94. The second-order valence-corrected chi connectivity index (χ2v) is 8.72. The lowest BCUT2D eigenvalue weighted by Crippen LogP contribution is -2.39. The molecule has 0 saturated carbocycles. The van der Waals surface area contributed by atoms with Crippen LogP contribution in [0.25, 0.3) is 17.4 Å². The largest absolute Gasteiger partial charge is 0.457 e. The molecule has 4 rings (SSSR count). The monoisotopic (exact) mass is 458 g/mol. The molecule has 1 fully saturated rings. The summed E-state index contributed by atoms with van der Waals surface area (Å²) in [5.74, 6) is 1.23. The maximum Gasteiger partial charge on any atom is 0.285 e. The first-order chi connectivity index (χ1) is 12.9. The van der Waals surface area contributed by atoms with Crippen LogP contribution in [-0.2, 0) is 4.79 Å². The summed E-state index contributed by atoms with van der Waals surface area (Å²) < 4.78 is 9.26. The quantitative estimate of drug-likeness (QED) is 0.374. The molecule has 1 amide bonds. The molecule has 0 spiro atoms. The van der Waals surface area contributed by atoms with Gasteiger partial charge in [0.2, 0.25) is 0 Å². The highest BCUT2D eigenvalue weighted by Gasteiger charge is 2.35. The number of rotatable bonds is 3. The smallest absolute Gasteiger partial charge is 0.285 e. The van der Waals surface area contributed by atoms with E-state index in [0.29, 0.717) is 15.0 Å². The van der Waals surface area contributed by atoms with Crippen molar-refractivity contribution >= 4 is 56.2 Å². The Labute approximate surface area is 174 Å². The van der Waals surface area contributed by atoms with Crippen molar-refractivity contribution in [2.24, 2.45) is 0 Å². The minimum Gasteiger partial charge on any atom is -0.457 e. The molecule has 1 aliphatic rings. The summed E-state index contributed by atoms with van der Waals surface area (Å²) in [4.78, 5) is 13.5. The van der Waals surface area contributed by atoms with Gasteiger partial charge in [-0.3, -0.25) is 9.47 Å². The molecule has 2 aromatic heterocycles. The number of thiocarbonyl (C=S) groups is 1. The predicted molar refractivity (Wildman–Crippen MR) is 117 cm³/mol. The van der Waals surface area contributed by atoms with Gasteiger partial charge in [0.25, 0.3) is 5.91 Å². The van der Waals surface area contributed by atoms with Gasteiger partial charge in [-0.2, -0.15) is 5.01 Å². The maximum absolute atomic E-state index is 12.9. The van der Waals surface area contributed by atoms with Crippen molar-refractivity contribution < 1.29 is 9.21 Å². The van der Waals surface area contributed by atoms with Crippen LogP contribution < -0.4 is 5.01 Å². The zero-order valence-electron chi connectivity index (χ0n) is 14.6. The number of aromatic nitrogens is 1. The van der Waals surface area contributed by atoms with E-state index < -0.39 is 0 Å². The molecule has 0 aliphatic carbocycles.